The van der Waals surface area contributed by atoms with Crippen LogP contribution in [0.3, 0.4) is 0 Å². The van der Waals surface area contributed by atoms with E-state index in [9.17, 15) is 4.79 Å². The first-order valence-corrected chi connectivity index (χ1v) is 5.01. The minimum Gasteiger partial charge on any atom is -0.464 e. The first-order valence-electron chi connectivity index (χ1n) is 5.01. The van der Waals surface area contributed by atoms with Crippen molar-refractivity contribution in [2.24, 2.45) is 0 Å². The average molecular weight is 214 g/mol. The molecule has 0 unspecified atom stereocenters. The van der Waals surface area contributed by atoms with Crippen LogP contribution < -0.4 is 11.1 Å². The number of carbonyl (C=O) groups excluding carboxylic acids is 1. The number of furan rings is 1. The predicted molar refractivity (Wildman–Crippen MR) is 59.7 cm³/mol. The number of nitrogens with two attached hydrogens (primary N) is 1. The molecule has 1 aliphatic rings. The molecule has 3 N–H and O–H groups in total. The van der Waals surface area contributed by atoms with Gasteiger partial charge in [-0.1, -0.05) is 0 Å². The van der Waals surface area contributed by atoms with Gasteiger partial charge in [0.25, 0.3) is 5.91 Å². The van der Waals surface area contributed by atoms with E-state index in [0.29, 0.717) is 17.8 Å². The zero-order valence-corrected chi connectivity index (χ0v) is 8.49. The number of benzene rings is 1. The fraction of sp³-hybridized carbons (Fsp3) is 0.0833. The van der Waals surface area contributed by atoms with Crippen LogP contribution in [0.15, 0.2) is 34.9 Å². The highest BCUT2D eigenvalue weighted by Crippen LogP contribution is 2.32. The summed E-state index contributed by atoms with van der Waals surface area (Å²) < 4.78 is 5.34. The normalized spacial score (nSPS) is 13.6. The van der Waals surface area contributed by atoms with Crippen LogP contribution in [0.25, 0.3) is 11.3 Å². The maximum absolute atomic E-state index is 11.6. The summed E-state index contributed by atoms with van der Waals surface area (Å²) in [6, 6.07) is 7.31. The minimum atomic E-state index is -0.110. The Morgan fingerprint density at radius 2 is 2.19 bits per heavy atom. The van der Waals surface area contributed by atoms with Gasteiger partial charge >= 0.3 is 0 Å². The zero-order valence-electron chi connectivity index (χ0n) is 8.49. The van der Waals surface area contributed by atoms with Crippen LogP contribution in [-0.2, 0) is 6.54 Å². The van der Waals surface area contributed by atoms with E-state index in [4.69, 9.17) is 10.2 Å². The molecule has 0 fully saturated rings. The summed E-state index contributed by atoms with van der Waals surface area (Å²) >= 11 is 0. The SMILES string of the molecule is Nc1ccc(-c2ccco2)c2c1C(=O)NC2. The van der Waals surface area contributed by atoms with Crippen molar-refractivity contribution >= 4 is 11.6 Å². The summed E-state index contributed by atoms with van der Waals surface area (Å²) in [6.45, 7) is 0.509. The van der Waals surface area contributed by atoms with E-state index in [2.05, 4.69) is 5.32 Å². The number of hydrogen-bond donors (Lipinski definition) is 2. The summed E-state index contributed by atoms with van der Waals surface area (Å²) in [5.41, 5.74) is 8.73. The second-order valence-electron chi connectivity index (χ2n) is 3.72. The molecule has 1 amide bonds. The monoisotopic (exact) mass is 214 g/mol. The van der Waals surface area contributed by atoms with Crippen molar-refractivity contribution in [3.05, 3.63) is 41.7 Å². The first-order chi connectivity index (χ1) is 7.77. The van der Waals surface area contributed by atoms with E-state index >= 15 is 0 Å². The molecule has 4 nitrogen and oxygen atoms in total. The molecule has 2 heterocycles. The summed E-state index contributed by atoms with van der Waals surface area (Å²) in [5, 5.41) is 2.77. The van der Waals surface area contributed by atoms with E-state index in [0.717, 1.165) is 16.9 Å². The maximum Gasteiger partial charge on any atom is 0.254 e. The molecule has 1 aromatic carbocycles. The topological polar surface area (TPSA) is 68.3 Å². The van der Waals surface area contributed by atoms with Crippen LogP contribution >= 0.6 is 0 Å². The van der Waals surface area contributed by atoms with Gasteiger partial charge in [-0.15, -0.1) is 0 Å². The Labute approximate surface area is 92.1 Å². The van der Waals surface area contributed by atoms with Crippen LogP contribution in [0.2, 0.25) is 0 Å². The number of nitrogens with one attached hydrogen (secondary N) is 1. The summed E-state index contributed by atoms with van der Waals surface area (Å²) in [4.78, 5) is 11.6. The molecule has 0 bridgehead atoms. The maximum atomic E-state index is 11.6. The lowest BCUT2D eigenvalue weighted by atomic mass is 10.00. The zero-order chi connectivity index (χ0) is 11.1. The van der Waals surface area contributed by atoms with Crippen molar-refractivity contribution in [2.45, 2.75) is 6.54 Å². The van der Waals surface area contributed by atoms with Crippen LogP contribution in [0.4, 0.5) is 5.69 Å². The molecule has 80 valence electrons. The van der Waals surface area contributed by atoms with Gasteiger partial charge in [0.15, 0.2) is 0 Å². The van der Waals surface area contributed by atoms with Crippen molar-refractivity contribution < 1.29 is 9.21 Å². The molecule has 1 aromatic heterocycles. The van der Waals surface area contributed by atoms with Gasteiger partial charge in [-0.25, -0.2) is 0 Å². The molecule has 0 atom stereocenters. The third-order valence-corrected chi connectivity index (χ3v) is 2.78. The molecular weight excluding hydrogens is 204 g/mol. The lowest BCUT2D eigenvalue weighted by Gasteiger charge is -2.06. The van der Waals surface area contributed by atoms with E-state index < -0.39 is 0 Å². The van der Waals surface area contributed by atoms with Gasteiger partial charge in [0.05, 0.1) is 11.8 Å². The Bertz CT molecular complexity index is 559. The Kier molecular flexibility index (Phi) is 1.77. The number of amides is 1. The first kappa shape index (κ1) is 9.03. The largest absolute Gasteiger partial charge is 0.464 e. The van der Waals surface area contributed by atoms with Gasteiger partial charge < -0.3 is 15.5 Å². The summed E-state index contributed by atoms with van der Waals surface area (Å²) in [6.07, 6.45) is 1.61. The third kappa shape index (κ3) is 1.13. The van der Waals surface area contributed by atoms with Gasteiger partial charge in [-0.05, 0) is 29.8 Å². The fourth-order valence-corrected chi connectivity index (χ4v) is 2.04. The lowest BCUT2D eigenvalue weighted by molar-refractivity contribution is 0.0966. The average Bonchev–Trinajstić information content (AvgIpc) is 2.89. The van der Waals surface area contributed by atoms with E-state index in [1.165, 1.54) is 0 Å². The molecule has 0 aliphatic carbocycles. The smallest absolute Gasteiger partial charge is 0.254 e. The van der Waals surface area contributed by atoms with Crippen molar-refractivity contribution in [2.75, 3.05) is 5.73 Å². The molecule has 3 rings (SSSR count). The highest BCUT2D eigenvalue weighted by atomic mass is 16.3. The van der Waals surface area contributed by atoms with Gasteiger partial charge in [0.1, 0.15) is 5.76 Å². The summed E-state index contributed by atoms with van der Waals surface area (Å²) in [7, 11) is 0. The Morgan fingerprint density at radius 3 is 2.94 bits per heavy atom. The lowest BCUT2D eigenvalue weighted by Crippen LogP contribution is -2.13. The third-order valence-electron chi connectivity index (χ3n) is 2.78. The second kappa shape index (κ2) is 3.13. The van der Waals surface area contributed by atoms with E-state index in [-0.39, 0.29) is 5.91 Å². The fourth-order valence-electron chi connectivity index (χ4n) is 2.04. The number of nitrogen functional groups attached to an aromatic ring is 1. The van der Waals surface area contributed by atoms with E-state index in [1.807, 2.05) is 18.2 Å². The molecule has 0 saturated carbocycles. The molecule has 1 aliphatic heterocycles. The van der Waals surface area contributed by atoms with Crippen LogP contribution in [0, 0.1) is 0 Å². The molecule has 0 radical (unpaired) electrons. The summed E-state index contributed by atoms with van der Waals surface area (Å²) in [5.74, 6) is 0.647. The number of rotatable bonds is 1. The molecule has 4 heteroatoms. The standard InChI is InChI=1S/C12H10N2O2/c13-9-4-3-7(10-2-1-5-16-10)8-6-14-12(15)11(8)9/h1-5H,6,13H2,(H,14,15). The molecule has 16 heavy (non-hydrogen) atoms. The number of fused-ring (bicyclic) bond motifs is 1. The molecule has 0 saturated heterocycles. The van der Waals surface area contributed by atoms with Gasteiger partial charge in [-0.3, -0.25) is 4.79 Å². The van der Waals surface area contributed by atoms with Gasteiger partial charge in [-0.2, -0.15) is 0 Å². The Morgan fingerprint density at radius 1 is 1.31 bits per heavy atom. The number of anilines is 1. The minimum absolute atomic E-state index is 0.110. The Hall–Kier alpha value is -2.23. The van der Waals surface area contributed by atoms with Crippen molar-refractivity contribution in [1.29, 1.82) is 0 Å². The van der Waals surface area contributed by atoms with Crippen molar-refractivity contribution in [3.8, 4) is 11.3 Å². The van der Waals surface area contributed by atoms with E-state index in [1.54, 1.807) is 12.3 Å². The van der Waals surface area contributed by atoms with Gasteiger partial charge in [0.2, 0.25) is 0 Å². The highest BCUT2D eigenvalue weighted by Gasteiger charge is 2.25. The number of hydrogen-bond acceptors (Lipinski definition) is 3. The highest BCUT2D eigenvalue weighted by molar-refractivity contribution is 6.04. The van der Waals surface area contributed by atoms with Crippen molar-refractivity contribution in [1.82, 2.24) is 5.32 Å². The molecule has 0 spiro atoms. The molecular formula is C12H10N2O2. The van der Waals surface area contributed by atoms with Crippen molar-refractivity contribution in [3.63, 3.8) is 0 Å². The van der Waals surface area contributed by atoms with Crippen LogP contribution in [-0.4, -0.2) is 5.91 Å². The Balaban J connectivity index is 2.26. The quantitative estimate of drug-likeness (QED) is 0.711. The molecule has 2 aromatic rings. The van der Waals surface area contributed by atoms with Crippen LogP contribution in [0.1, 0.15) is 15.9 Å². The predicted octanol–water partition coefficient (Wildman–Crippen LogP) is 1.77. The van der Waals surface area contributed by atoms with Gasteiger partial charge in [0, 0.05) is 17.8 Å². The van der Waals surface area contributed by atoms with Crippen LogP contribution in [0.5, 0.6) is 0 Å². The second-order valence-corrected chi connectivity index (χ2v) is 3.72. The number of carbonyl (C=O) groups is 1.